The minimum absolute atomic E-state index is 0.243. The molecule has 1 aliphatic heterocycles. The van der Waals surface area contributed by atoms with Crippen molar-refractivity contribution in [2.75, 3.05) is 23.8 Å². The van der Waals surface area contributed by atoms with E-state index in [0.29, 0.717) is 22.0 Å². The molecule has 0 aromatic heterocycles. The first-order valence-corrected chi connectivity index (χ1v) is 9.21. The molecule has 1 saturated heterocycles. The zero-order valence-corrected chi connectivity index (χ0v) is 16.6. The Balaban J connectivity index is 1.68. The van der Waals surface area contributed by atoms with Crippen LogP contribution in [0.3, 0.4) is 0 Å². The van der Waals surface area contributed by atoms with Crippen LogP contribution in [0.4, 0.5) is 16.2 Å². The van der Waals surface area contributed by atoms with Crippen LogP contribution in [0.1, 0.15) is 17.3 Å². The lowest BCUT2D eigenvalue weighted by Gasteiger charge is -2.19. The SMILES string of the molecule is CNC(=O)c1ccc(NC(=O)CN2C(=O)[C@@H](C)N(c3ccc(Cl)cc3)C2=O)cc1. The number of benzene rings is 2. The summed E-state index contributed by atoms with van der Waals surface area (Å²) in [7, 11) is 1.52. The molecule has 1 atom stereocenters. The van der Waals surface area contributed by atoms with E-state index in [4.69, 9.17) is 11.6 Å². The quantitative estimate of drug-likeness (QED) is 0.734. The maximum atomic E-state index is 12.7. The van der Waals surface area contributed by atoms with Crippen LogP contribution in [0.5, 0.6) is 0 Å². The van der Waals surface area contributed by atoms with Crippen LogP contribution in [0.25, 0.3) is 0 Å². The molecule has 150 valence electrons. The molecule has 0 spiro atoms. The Morgan fingerprint density at radius 1 is 1.03 bits per heavy atom. The predicted molar refractivity (Wildman–Crippen MR) is 109 cm³/mol. The van der Waals surface area contributed by atoms with Crippen molar-refractivity contribution in [1.82, 2.24) is 10.2 Å². The molecule has 0 radical (unpaired) electrons. The number of rotatable bonds is 5. The number of urea groups is 1. The van der Waals surface area contributed by atoms with Crippen LogP contribution < -0.4 is 15.5 Å². The standard InChI is InChI=1S/C20H19ClN4O4/c1-12-19(28)24(20(29)25(12)16-9-5-14(21)6-10-16)11-17(26)23-15-7-3-13(4-8-15)18(27)22-2/h3-10,12H,11H2,1-2H3,(H,22,27)(H,23,26)/t12-/m1/s1. The van der Waals surface area contributed by atoms with Crippen molar-refractivity contribution < 1.29 is 19.2 Å². The molecule has 3 rings (SSSR count). The second-order valence-electron chi connectivity index (χ2n) is 6.43. The van der Waals surface area contributed by atoms with Crippen LogP contribution in [0.2, 0.25) is 5.02 Å². The first kappa shape index (κ1) is 20.3. The molecule has 0 saturated carbocycles. The van der Waals surface area contributed by atoms with Gasteiger partial charge in [0.1, 0.15) is 12.6 Å². The lowest BCUT2D eigenvalue weighted by Crippen LogP contribution is -2.39. The summed E-state index contributed by atoms with van der Waals surface area (Å²) in [6.45, 7) is 1.19. The molecular weight excluding hydrogens is 396 g/mol. The van der Waals surface area contributed by atoms with Crippen molar-refractivity contribution in [3.8, 4) is 0 Å². The first-order valence-electron chi connectivity index (χ1n) is 8.84. The Kier molecular flexibility index (Phi) is 5.84. The monoisotopic (exact) mass is 414 g/mol. The number of amides is 5. The van der Waals surface area contributed by atoms with E-state index in [-0.39, 0.29) is 5.91 Å². The van der Waals surface area contributed by atoms with Crippen LogP contribution >= 0.6 is 11.6 Å². The maximum absolute atomic E-state index is 12.7. The van der Waals surface area contributed by atoms with Crippen molar-refractivity contribution >= 4 is 46.7 Å². The fourth-order valence-electron chi connectivity index (χ4n) is 3.00. The molecule has 0 unspecified atom stereocenters. The Labute approximate surface area is 172 Å². The molecule has 29 heavy (non-hydrogen) atoms. The highest BCUT2D eigenvalue weighted by Gasteiger charge is 2.44. The third-order valence-electron chi connectivity index (χ3n) is 4.51. The van der Waals surface area contributed by atoms with E-state index in [0.717, 1.165) is 4.90 Å². The lowest BCUT2D eigenvalue weighted by atomic mass is 10.2. The van der Waals surface area contributed by atoms with Crippen LogP contribution in [0.15, 0.2) is 48.5 Å². The fraction of sp³-hybridized carbons (Fsp3) is 0.200. The van der Waals surface area contributed by atoms with Crippen molar-refractivity contribution in [3.05, 3.63) is 59.1 Å². The summed E-state index contributed by atoms with van der Waals surface area (Å²) in [6.07, 6.45) is 0. The summed E-state index contributed by atoms with van der Waals surface area (Å²) in [5, 5.41) is 5.63. The van der Waals surface area contributed by atoms with E-state index in [2.05, 4.69) is 10.6 Å². The van der Waals surface area contributed by atoms with E-state index in [1.54, 1.807) is 55.5 Å². The molecule has 5 amide bonds. The molecule has 1 aliphatic rings. The number of anilines is 2. The van der Waals surface area contributed by atoms with Gasteiger partial charge in [0.25, 0.3) is 11.8 Å². The highest BCUT2D eigenvalue weighted by Crippen LogP contribution is 2.27. The Hall–Kier alpha value is -3.39. The fourth-order valence-corrected chi connectivity index (χ4v) is 3.13. The van der Waals surface area contributed by atoms with Gasteiger partial charge in [0, 0.05) is 29.0 Å². The first-order chi connectivity index (χ1) is 13.8. The van der Waals surface area contributed by atoms with Crippen molar-refractivity contribution in [1.29, 1.82) is 0 Å². The summed E-state index contributed by atoms with van der Waals surface area (Å²) in [5.41, 5.74) is 1.42. The highest BCUT2D eigenvalue weighted by atomic mass is 35.5. The predicted octanol–water partition coefficient (Wildman–Crippen LogP) is 2.50. The van der Waals surface area contributed by atoms with Gasteiger partial charge >= 0.3 is 6.03 Å². The maximum Gasteiger partial charge on any atom is 0.332 e. The number of imide groups is 1. The smallest absolute Gasteiger partial charge is 0.332 e. The molecule has 1 fully saturated rings. The van der Waals surface area contributed by atoms with Gasteiger partial charge in [-0.3, -0.25) is 24.2 Å². The normalized spacial score (nSPS) is 16.2. The van der Waals surface area contributed by atoms with Gasteiger partial charge < -0.3 is 10.6 Å². The molecule has 1 heterocycles. The molecule has 2 aromatic carbocycles. The molecule has 2 N–H and O–H groups in total. The van der Waals surface area contributed by atoms with Gasteiger partial charge in [-0.1, -0.05) is 11.6 Å². The number of nitrogens with one attached hydrogen (secondary N) is 2. The minimum atomic E-state index is -0.733. The number of halogens is 1. The van der Waals surface area contributed by atoms with Crippen LogP contribution in [-0.4, -0.2) is 48.3 Å². The van der Waals surface area contributed by atoms with E-state index < -0.39 is 30.4 Å². The Bertz CT molecular complexity index is 959. The van der Waals surface area contributed by atoms with Gasteiger partial charge in [0.15, 0.2) is 0 Å². The second kappa shape index (κ2) is 8.32. The van der Waals surface area contributed by atoms with Gasteiger partial charge in [-0.05, 0) is 55.5 Å². The zero-order valence-electron chi connectivity index (χ0n) is 15.8. The number of carbonyl (C=O) groups is 4. The number of carbonyl (C=O) groups excluding carboxylic acids is 4. The summed E-state index contributed by atoms with van der Waals surface area (Å²) in [5.74, 6) is -1.23. The highest BCUT2D eigenvalue weighted by molar-refractivity contribution is 6.30. The van der Waals surface area contributed by atoms with E-state index in [1.165, 1.54) is 11.9 Å². The molecule has 2 aromatic rings. The Morgan fingerprint density at radius 3 is 2.24 bits per heavy atom. The Morgan fingerprint density at radius 2 is 1.66 bits per heavy atom. The third-order valence-corrected chi connectivity index (χ3v) is 4.76. The van der Waals surface area contributed by atoms with Crippen molar-refractivity contribution in [2.45, 2.75) is 13.0 Å². The molecule has 0 bridgehead atoms. The molecule has 0 aliphatic carbocycles. The number of nitrogens with zero attached hydrogens (tertiary/aromatic N) is 2. The van der Waals surface area contributed by atoms with Crippen LogP contribution in [0, 0.1) is 0 Å². The topological polar surface area (TPSA) is 98.8 Å². The van der Waals surface area contributed by atoms with E-state index >= 15 is 0 Å². The van der Waals surface area contributed by atoms with Crippen molar-refractivity contribution in [2.24, 2.45) is 0 Å². The van der Waals surface area contributed by atoms with Crippen LogP contribution in [-0.2, 0) is 9.59 Å². The summed E-state index contributed by atoms with van der Waals surface area (Å²) in [4.78, 5) is 51.4. The molecular formula is C20H19ClN4O4. The average Bonchev–Trinajstić information content (AvgIpc) is 2.92. The second-order valence-corrected chi connectivity index (χ2v) is 6.87. The molecule has 8 nitrogen and oxygen atoms in total. The summed E-state index contributed by atoms with van der Waals surface area (Å²) in [6, 6.07) is 11.5. The van der Waals surface area contributed by atoms with Crippen molar-refractivity contribution in [3.63, 3.8) is 0 Å². The number of hydrogen-bond acceptors (Lipinski definition) is 4. The zero-order chi connectivity index (χ0) is 21.1. The lowest BCUT2D eigenvalue weighted by molar-refractivity contribution is -0.130. The molecule has 9 heteroatoms. The van der Waals surface area contributed by atoms with Gasteiger partial charge in [-0.25, -0.2) is 4.79 Å². The van der Waals surface area contributed by atoms with Gasteiger partial charge in [-0.2, -0.15) is 0 Å². The van der Waals surface area contributed by atoms with E-state index in [9.17, 15) is 19.2 Å². The minimum Gasteiger partial charge on any atom is -0.355 e. The average molecular weight is 415 g/mol. The number of hydrogen-bond donors (Lipinski definition) is 2. The summed E-state index contributed by atoms with van der Waals surface area (Å²) >= 11 is 5.87. The third kappa shape index (κ3) is 4.22. The summed E-state index contributed by atoms with van der Waals surface area (Å²) < 4.78 is 0. The van der Waals surface area contributed by atoms with Gasteiger partial charge in [0.2, 0.25) is 5.91 Å². The van der Waals surface area contributed by atoms with Gasteiger partial charge in [0.05, 0.1) is 0 Å². The largest absolute Gasteiger partial charge is 0.355 e. The van der Waals surface area contributed by atoms with Gasteiger partial charge in [-0.15, -0.1) is 0 Å². The van der Waals surface area contributed by atoms with E-state index in [1.807, 2.05) is 0 Å².